The van der Waals surface area contributed by atoms with Gasteiger partial charge in [0.15, 0.2) is 0 Å². The molecule has 4 amide bonds. The van der Waals surface area contributed by atoms with Gasteiger partial charge in [-0.3, -0.25) is 29.5 Å². The molecule has 39 heavy (non-hydrogen) atoms. The van der Waals surface area contributed by atoms with Crippen LogP contribution in [0.2, 0.25) is 0 Å². The number of hydrogen-bond acceptors (Lipinski definition) is 5. The lowest BCUT2D eigenvalue weighted by Crippen LogP contribution is -2.52. The molecule has 0 bridgehead atoms. The van der Waals surface area contributed by atoms with E-state index in [0.717, 1.165) is 38.8 Å². The molecule has 0 spiro atoms. The topological polar surface area (TPSA) is 108 Å². The highest BCUT2D eigenvalue weighted by atomic mass is 16.2. The molecule has 4 aromatic rings. The maximum absolute atomic E-state index is 13.2. The summed E-state index contributed by atoms with van der Waals surface area (Å²) in [6, 6.07) is 20.2. The molecule has 1 aromatic heterocycles. The van der Waals surface area contributed by atoms with Crippen LogP contribution in [0.15, 0.2) is 72.9 Å². The number of piperidine rings is 1. The number of para-hydroxylation sites is 1. The number of carbonyl (C=O) groups excluding carboxylic acids is 4. The van der Waals surface area contributed by atoms with Crippen LogP contribution in [0.3, 0.4) is 0 Å². The number of amides is 4. The maximum Gasteiger partial charge on any atom is 0.256 e. The molecule has 2 aliphatic heterocycles. The van der Waals surface area contributed by atoms with Gasteiger partial charge in [-0.2, -0.15) is 0 Å². The van der Waals surface area contributed by atoms with Gasteiger partial charge in [0.05, 0.1) is 11.1 Å². The van der Waals surface area contributed by atoms with E-state index in [2.05, 4.69) is 15.6 Å². The molecule has 3 heterocycles. The van der Waals surface area contributed by atoms with E-state index in [1.165, 1.54) is 0 Å². The maximum atomic E-state index is 13.2. The van der Waals surface area contributed by atoms with Crippen molar-refractivity contribution < 1.29 is 19.2 Å². The van der Waals surface area contributed by atoms with Gasteiger partial charge >= 0.3 is 0 Å². The van der Waals surface area contributed by atoms with Crippen LogP contribution in [0.5, 0.6) is 0 Å². The SMILES string of the molecule is Cc1c(Cc2ccc3c(c2)CN(C2CCC(=O)NC2=O)C3=O)cccc1NC(=O)c1ccnc2ccccc12. The van der Waals surface area contributed by atoms with Crippen molar-refractivity contribution in [1.82, 2.24) is 15.2 Å². The summed E-state index contributed by atoms with van der Waals surface area (Å²) >= 11 is 0. The highest BCUT2D eigenvalue weighted by Gasteiger charge is 2.39. The fraction of sp³-hybridized carbons (Fsp3) is 0.194. The standard InChI is InChI=1S/C31H26N4O4/c1-18-20(5-4-8-25(18)33-29(37)24-13-14-32-26-7-3-2-6-23(24)26)15-19-9-10-22-21(16-19)17-35(31(22)39)27-11-12-28(36)34-30(27)38/h2-10,13-14,16,27H,11-12,15,17H2,1H3,(H,33,37)(H,34,36,38). The fourth-order valence-corrected chi connectivity index (χ4v) is 5.45. The Morgan fingerprint density at radius 1 is 1.05 bits per heavy atom. The Morgan fingerprint density at radius 3 is 2.74 bits per heavy atom. The average molecular weight is 519 g/mol. The zero-order valence-electron chi connectivity index (χ0n) is 21.4. The van der Waals surface area contributed by atoms with E-state index in [9.17, 15) is 19.2 Å². The Hall–Kier alpha value is -4.85. The zero-order valence-corrected chi connectivity index (χ0v) is 21.4. The van der Waals surface area contributed by atoms with Crippen LogP contribution in [-0.2, 0) is 22.6 Å². The molecule has 1 atom stereocenters. The number of fused-ring (bicyclic) bond motifs is 2. The first-order valence-electron chi connectivity index (χ1n) is 12.9. The first-order valence-corrected chi connectivity index (χ1v) is 12.9. The van der Waals surface area contributed by atoms with Crippen LogP contribution in [0.1, 0.15) is 55.8 Å². The van der Waals surface area contributed by atoms with Gasteiger partial charge in [0.25, 0.3) is 11.8 Å². The quantitative estimate of drug-likeness (QED) is 0.386. The van der Waals surface area contributed by atoms with E-state index >= 15 is 0 Å². The molecule has 1 fully saturated rings. The van der Waals surface area contributed by atoms with Crippen LogP contribution >= 0.6 is 0 Å². The number of aromatic nitrogens is 1. The fourth-order valence-electron chi connectivity index (χ4n) is 5.45. The number of anilines is 1. The van der Waals surface area contributed by atoms with Crippen LogP contribution < -0.4 is 10.6 Å². The average Bonchev–Trinajstić information content (AvgIpc) is 3.25. The summed E-state index contributed by atoms with van der Waals surface area (Å²) in [4.78, 5) is 56.0. The molecule has 0 aliphatic carbocycles. The Labute approximate surface area is 225 Å². The number of rotatable bonds is 5. The minimum Gasteiger partial charge on any atom is -0.322 e. The van der Waals surface area contributed by atoms with Crippen molar-refractivity contribution in [2.24, 2.45) is 0 Å². The minimum atomic E-state index is -0.633. The lowest BCUT2D eigenvalue weighted by Gasteiger charge is -2.29. The summed E-state index contributed by atoms with van der Waals surface area (Å²) in [5, 5.41) is 6.20. The summed E-state index contributed by atoms with van der Waals surface area (Å²) in [5.41, 5.74) is 6.57. The molecular formula is C31H26N4O4. The summed E-state index contributed by atoms with van der Waals surface area (Å²) in [6.45, 7) is 2.32. The summed E-state index contributed by atoms with van der Waals surface area (Å²) in [6.07, 6.45) is 2.82. The number of pyridine rings is 1. The molecule has 1 unspecified atom stereocenters. The van der Waals surface area contributed by atoms with Crippen molar-refractivity contribution in [2.75, 3.05) is 5.32 Å². The molecule has 2 N–H and O–H groups in total. The number of imide groups is 1. The third-order valence-electron chi connectivity index (χ3n) is 7.57. The summed E-state index contributed by atoms with van der Waals surface area (Å²) < 4.78 is 0. The molecule has 1 saturated heterocycles. The first kappa shape index (κ1) is 24.5. The van der Waals surface area contributed by atoms with E-state index in [-0.39, 0.29) is 24.1 Å². The largest absolute Gasteiger partial charge is 0.322 e. The van der Waals surface area contributed by atoms with Crippen molar-refractivity contribution in [3.05, 3.63) is 106 Å². The first-order chi connectivity index (χ1) is 18.9. The van der Waals surface area contributed by atoms with Gasteiger partial charge in [-0.1, -0.05) is 42.5 Å². The van der Waals surface area contributed by atoms with Crippen LogP contribution in [0, 0.1) is 6.92 Å². The molecule has 0 radical (unpaired) electrons. The Bertz CT molecular complexity index is 1670. The molecule has 2 aliphatic rings. The lowest BCUT2D eigenvalue weighted by molar-refractivity contribution is -0.136. The summed E-state index contributed by atoms with van der Waals surface area (Å²) in [5.74, 6) is -1.10. The molecule has 6 rings (SSSR count). The zero-order chi connectivity index (χ0) is 27.1. The molecule has 8 nitrogen and oxygen atoms in total. The van der Waals surface area contributed by atoms with Crippen molar-refractivity contribution in [2.45, 2.75) is 38.8 Å². The highest BCUT2D eigenvalue weighted by molar-refractivity contribution is 6.12. The highest BCUT2D eigenvalue weighted by Crippen LogP contribution is 2.30. The van der Waals surface area contributed by atoms with Gasteiger partial charge in [0.1, 0.15) is 6.04 Å². The number of nitrogens with zero attached hydrogens (tertiary/aromatic N) is 2. The van der Waals surface area contributed by atoms with E-state index in [4.69, 9.17) is 0 Å². The second-order valence-corrected chi connectivity index (χ2v) is 9.99. The Kier molecular flexibility index (Phi) is 6.15. The number of benzene rings is 3. The molecule has 194 valence electrons. The number of hydrogen-bond donors (Lipinski definition) is 2. The third kappa shape index (κ3) is 4.54. The van der Waals surface area contributed by atoms with Gasteiger partial charge in [-0.05, 0) is 66.3 Å². The van der Waals surface area contributed by atoms with Crippen molar-refractivity contribution >= 4 is 40.2 Å². The van der Waals surface area contributed by atoms with E-state index in [1.807, 2.05) is 67.6 Å². The van der Waals surface area contributed by atoms with E-state index in [0.29, 0.717) is 30.5 Å². The molecule has 3 aromatic carbocycles. The van der Waals surface area contributed by atoms with Crippen LogP contribution in [-0.4, -0.2) is 39.6 Å². The Morgan fingerprint density at radius 2 is 1.90 bits per heavy atom. The number of nitrogens with one attached hydrogen (secondary N) is 2. The van der Waals surface area contributed by atoms with Gasteiger partial charge < -0.3 is 10.2 Å². The second-order valence-electron chi connectivity index (χ2n) is 9.99. The normalized spacial score (nSPS) is 16.8. The number of carbonyl (C=O) groups is 4. The van der Waals surface area contributed by atoms with Gasteiger partial charge in [0.2, 0.25) is 11.8 Å². The second kappa shape index (κ2) is 9.79. The predicted octanol–water partition coefficient (Wildman–Crippen LogP) is 4.15. The van der Waals surface area contributed by atoms with Crippen molar-refractivity contribution in [1.29, 1.82) is 0 Å². The Balaban J connectivity index is 1.20. The van der Waals surface area contributed by atoms with Crippen molar-refractivity contribution in [3.8, 4) is 0 Å². The third-order valence-corrected chi connectivity index (χ3v) is 7.57. The molecular weight excluding hydrogens is 492 g/mol. The monoisotopic (exact) mass is 518 g/mol. The van der Waals surface area contributed by atoms with Crippen LogP contribution in [0.25, 0.3) is 10.9 Å². The molecule has 8 heteroatoms. The van der Waals surface area contributed by atoms with E-state index < -0.39 is 11.9 Å². The van der Waals surface area contributed by atoms with E-state index in [1.54, 1.807) is 17.2 Å². The van der Waals surface area contributed by atoms with Gasteiger partial charge in [-0.15, -0.1) is 0 Å². The molecule has 0 saturated carbocycles. The van der Waals surface area contributed by atoms with Crippen molar-refractivity contribution in [3.63, 3.8) is 0 Å². The lowest BCUT2D eigenvalue weighted by atomic mass is 9.96. The smallest absolute Gasteiger partial charge is 0.256 e. The predicted molar refractivity (Wildman–Crippen MR) is 146 cm³/mol. The van der Waals surface area contributed by atoms with Gasteiger partial charge in [0, 0.05) is 35.8 Å². The van der Waals surface area contributed by atoms with Crippen LogP contribution in [0.4, 0.5) is 5.69 Å². The van der Waals surface area contributed by atoms with Gasteiger partial charge in [-0.25, -0.2) is 0 Å². The summed E-state index contributed by atoms with van der Waals surface area (Å²) in [7, 11) is 0. The minimum absolute atomic E-state index is 0.185.